The van der Waals surface area contributed by atoms with Crippen LogP contribution in [0, 0.1) is 0 Å². The van der Waals surface area contributed by atoms with Gasteiger partial charge >= 0.3 is 5.97 Å². The zero-order chi connectivity index (χ0) is 9.52. The molecular formula is C9H10O3S. The summed E-state index contributed by atoms with van der Waals surface area (Å²) in [5, 5.41) is 10.2. The molecule has 70 valence electrons. The third kappa shape index (κ3) is 4.45. The molecular weight excluding hydrogens is 188 g/mol. The van der Waals surface area contributed by atoms with E-state index in [4.69, 9.17) is 9.84 Å². The molecule has 1 N–H and O–H groups in total. The van der Waals surface area contributed by atoms with E-state index in [2.05, 4.69) is 0 Å². The van der Waals surface area contributed by atoms with Gasteiger partial charge in [0.1, 0.15) is 0 Å². The van der Waals surface area contributed by atoms with Crippen LogP contribution in [0.15, 0.2) is 29.7 Å². The van der Waals surface area contributed by atoms with Gasteiger partial charge in [0.15, 0.2) is 0 Å². The lowest BCUT2D eigenvalue weighted by Gasteiger charge is -1.96. The highest BCUT2D eigenvalue weighted by Gasteiger charge is 1.91. The van der Waals surface area contributed by atoms with E-state index in [0.29, 0.717) is 13.2 Å². The number of hydrogen-bond acceptors (Lipinski definition) is 3. The first-order valence-corrected chi connectivity index (χ1v) is 4.66. The Labute approximate surface area is 80.3 Å². The Hall–Kier alpha value is -1.13. The van der Waals surface area contributed by atoms with Crippen molar-refractivity contribution in [1.82, 2.24) is 0 Å². The van der Waals surface area contributed by atoms with E-state index in [-0.39, 0.29) is 0 Å². The molecule has 4 heteroatoms. The van der Waals surface area contributed by atoms with Gasteiger partial charge < -0.3 is 9.84 Å². The molecule has 0 aromatic carbocycles. The highest BCUT2D eigenvalue weighted by Crippen LogP contribution is 2.09. The zero-order valence-corrected chi connectivity index (χ0v) is 7.79. The van der Waals surface area contributed by atoms with Gasteiger partial charge in [0.25, 0.3) is 0 Å². The second-order valence-electron chi connectivity index (χ2n) is 2.34. The van der Waals surface area contributed by atoms with E-state index >= 15 is 0 Å². The van der Waals surface area contributed by atoms with Crippen LogP contribution in [0.5, 0.6) is 0 Å². The van der Waals surface area contributed by atoms with Gasteiger partial charge in [-0.25, -0.2) is 4.79 Å². The lowest BCUT2D eigenvalue weighted by Crippen LogP contribution is -1.92. The Morgan fingerprint density at radius 1 is 1.69 bits per heavy atom. The fourth-order valence-corrected chi connectivity index (χ4v) is 1.41. The van der Waals surface area contributed by atoms with Gasteiger partial charge in [-0.05, 0) is 11.4 Å². The first-order valence-electron chi connectivity index (χ1n) is 3.78. The summed E-state index contributed by atoms with van der Waals surface area (Å²) in [5.74, 6) is -0.945. The minimum atomic E-state index is -0.945. The fraction of sp³-hybridized carbons (Fsp3) is 0.222. The fourth-order valence-electron chi connectivity index (χ4n) is 0.771. The predicted octanol–water partition coefficient (Wildman–Crippen LogP) is 1.91. The lowest BCUT2D eigenvalue weighted by molar-refractivity contribution is -0.131. The van der Waals surface area contributed by atoms with Crippen molar-refractivity contribution in [3.8, 4) is 0 Å². The molecule has 3 nitrogen and oxygen atoms in total. The van der Waals surface area contributed by atoms with Gasteiger partial charge in [0.05, 0.1) is 13.2 Å². The van der Waals surface area contributed by atoms with Crippen LogP contribution in [-0.4, -0.2) is 17.7 Å². The van der Waals surface area contributed by atoms with E-state index in [1.807, 2.05) is 17.5 Å². The van der Waals surface area contributed by atoms with Crippen LogP contribution in [-0.2, 0) is 16.1 Å². The Morgan fingerprint density at radius 2 is 2.54 bits per heavy atom. The molecule has 1 aromatic rings. The summed E-state index contributed by atoms with van der Waals surface area (Å²) in [6.45, 7) is 0.881. The number of ether oxygens (including phenoxy) is 1. The maximum Gasteiger partial charge on any atom is 0.328 e. The molecule has 0 saturated carbocycles. The van der Waals surface area contributed by atoms with Crippen LogP contribution < -0.4 is 0 Å². The molecule has 1 heterocycles. The van der Waals surface area contributed by atoms with Crippen molar-refractivity contribution in [3.05, 3.63) is 34.5 Å². The summed E-state index contributed by atoms with van der Waals surface area (Å²) in [7, 11) is 0. The molecule has 13 heavy (non-hydrogen) atoms. The topological polar surface area (TPSA) is 46.5 Å². The van der Waals surface area contributed by atoms with Gasteiger partial charge in [-0.3, -0.25) is 0 Å². The molecule has 0 saturated heterocycles. The van der Waals surface area contributed by atoms with E-state index in [0.717, 1.165) is 11.0 Å². The van der Waals surface area contributed by atoms with Crippen molar-refractivity contribution in [3.63, 3.8) is 0 Å². The number of hydrogen-bond donors (Lipinski definition) is 1. The molecule has 1 rings (SSSR count). The highest BCUT2D eigenvalue weighted by atomic mass is 32.1. The average Bonchev–Trinajstić information content (AvgIpc) is 2.55. The van der Waals surface area contributed by atoms with Crippen molar-refractivity contribution in [2.24, 2.45) is 0 Å². The molecule has 0 aliphatic carbocycles. The number of carboxylic acids is 1. The van der Waals surface area contributed by atoms with Gasteiger partial charge in [-0.2, -0.15) is 0 Å². The summed E-state index contributed by atoms with van der Waals surface area (Å²) in [5.41, 5.74) is 0. The maximum atomic E-state index is 10.1. The Balaban J connectivity index is 2.12. The third-order valence-electron chi connectivity index (χ3n) is 1.30. The van der Waals surface area contributed by atoms with Crippen molar-refractivity contribution >= 4 is 17.3 Å². The van der Waals surface area contributed by atoms with Crippen LogP contribution in [0.1, 0.15) is 4.88 Å². The van der Waals surface area contributed by atoms with E-state index in [1.165, 1.54) is 6.08 Å². The molecule has 0 fully saturated rings. The maximum absolute atomic E-state index is 10.1. The van der Waals surface area contributed by atoms with E-state index < -0.39 is 5.97 Å². The van der Waals surface area contributed by atoms with E-state index in [9.17, 15) is 4.79 Å². The number of thiophene rings is 1. The van der Waals surface area contributed by atoms with Crippen molar-refractivity contribution < 1.29 is 14.6 Å². The van der Waals surface area contributed by atoms with Gasteiger partial charge in [0, 0.05) is 11.0 Å². The lowest BCUT2D eigenvalue weighted by atomic mass is 10.5. The van der Waals surface area contributed by atoms with Gasteiger partial charge in [0.2, 0.25) is 0 Å². The first-order chi connectivity index (χ1) is 6.29. The third-order valence-corrected chi connectivity index (χ3v) is 2.15. The second kappa shape index (κ2) is 5.50. The van der Waals surface area contributed by atoms with Crippen LogP contribution in [0.4, 0.5) is 0 Å². The van der Waals surface area contributed by atoms with Crippen LogP contribution in [0.25, 0.3) is 0 Å². The Kier molecular flexibility index (Phi) is 4.21. The standard InChI is InChI=1S/C9H10O3S/c10-9(11)4-1-5-12-7-8-3-2-6-13-8/h1-4,6H,5,7H2,(H,10,11). The highest BCUT2D eigenvalue weighted by molar-refractivity contribution is 7.09. The SMILES string of the molecule is O=C(O)C=CCOCc1cccs1. The largest absolute Gasteiger partial charge is 0.478 e. The molecule has 0 spiro atoms. The normalized spacial score (nSPS) is 10.8. The number of carbonyl (C=O) groups is 1. The minimum absolute atomic E-state index is 0.337. The molecule has 0 aliphatic heterocycles. The van der Waals surface area contributed by atoms with Crippen molar-refractivity contribution in [1.29, 1.82) is 0 Å². The summed E-state index contributed by atoms with van der Waals surface area (Å²) in [4.78, 5) is 11.2. The molecule has 0 unspecified atom stereocenters. The molecule has 0 amide bonds. The van der Waals surface area contributed by atoms with Crippen molar-refractivity contribution in [2.45, 2.75) is 6.61 Å². The zero-order valence-electron chi connectivity index (χ0n) is 6.97. The smallest absolute Gasteiger partial charge is 0.328 e. The number of carboxylic acid groups (broad SMARTS) is 1. The predicted molar refractivity (Wildman–Crippen MR) is 50.8 cm³/mol. The Bertz CT molecular complexity index is 277. The van der Waals surface area contributed by atoms with Crippen molar-refractivity contribution in [2.75, 3.05) is 6.61 Å². The average molecular weight is 198 g/mol. The molecule has 0 bridgehead atoms. The van der Waals surface area contributed by atoms with E-state index in [1.54, 1.807) is 11.3 Å². The Morgan fingerprint density at radius 3 is 3.15 bits per heavy atom. The number of rotatable bonds is 5. The second-order valence-corrected chi connectivity index (χ2v) is 3.37. The summed E-state index contributed by atoms with van der Waals surface area (Å²) in [6.07, 6.45) is 2.56. The summed E-state index contributed by atoms with van der Waals surface area (Å²) in [6, 6.07) is 3.93. The monoisotopic (exact) mass is 198 g/mol. The van der Waals surface area contributed by atoms with Gasteiger partial charge in [-0.1, -0.05) is 12.1 Å². The molecule has 1 aromatic heterocycles. The van der Waals surface area contributed by atoms with Crippen LogP contribution >= 0.6 is 11.3 Å². The quantitative estimate of drug-likeness (QED) is 0.580. The first kappa shape index (κ1) is 9.95. The van der Waals surface area contributed by atoms with Crippen LogP contribution in [0.2, 0.25) is 0 Å². The minimum Gasteiger partial charge on any atom is -0.478 e. The van der Waals surface area contributed by atoms with Crippen LogP contribution in [0.3, 0.4) is 0 Å². The summed E-state index contributed by atoms with van der Waals surface area (Å²) < 4.78 is 5.19. The molecule has 0 atom stereocenters. The molecule has 0 radical (unpaired) electrons. The summed E-state index contributed by atoms with van der Waals surface area (Å²) >= 11 is 1.62. The number of aliphatic carboxylic acids is 1. The molecule has 0 aliphatic rings. The van der Waals surface area contributed by atoms with Gasteiger partial charge in [-0.15, -0.1) is 11.3 Å².